The van der Waals surface area contributed by atoms with E-state index in [2.05, 4.69) is 5.10 Å². The van der Waals surface area contributed by atoms with E-state index in [9.17, 15) is 9.90 Å². The highest BCUT2D eigenvalue weighted by Gasteiger charge is 2.14. The van der Waals surface area contributed by atoms with Crippen LogP contribution >= 0.6 is 0 Å². The van der Waals surface area contributed by atoms with E-state index in [0.29, 0.717) is 0 Å². The third-order valence-corrected chi connectivity index (χ3v) is 2.00. The quantitative estimate of drug-likeness (QED) is 0.707. The van der Waals surface area contributed by atoms with Crippen LogP contribution in [0.4, 0.5) is 0 Å². The van der Waals surface area contributed by atoms with Crippen LogP contribution in [0.25, 0.3) is 5.52 Å². The van der Waals surface area contributed by atoms with E-state index in [1.165, 1.54) is 12.1 Å². The van der Waals surface area contributed by atoms with Gasteiger partial charge in [0.15, 0.2) is 11.4 Å². The van der Waals surface area contributed by atoms with Crippen LogP contribution in [0, 0.1) is 11.3 Å². The number of aromatic hydroxyl groups is 1. The van der Waals surface area contributed by atoms with Crippen LogP contribution in [-0.4, -0.2) is 25.8 Å². The largest absolute Gasteiger partial charge is 0.505 e. The van der Waals surface area contributed by atoms with E-state index >= 15 is 0 Å². The first-order valence-corrected chi connectivity index (χ1v) is 3.98. The Kier molecular flexibility index (Phi) is 1.80. The number of carboxylic acids is 1. The van der Waals surface area contributed by atoms with Gasteiger partial charge >= 0.3 is 5.97 Å². The zero-order valence-corrected chi connectivity index (χ0v) is 7.38. The summed E-state index contributed by atoms with van der Waals surface area (Å²) in [6, 6.07) is 4.41. The summed E-state index contributed by atoms with van der Waals surface area (Å²) in [6.45, 7) is 0. The molecule has 0 atom stereocenters. The second kappa shape index (κ2) is 2.99. The number of rotatable bonds is 1. The highest BCUT2D eigenvalue weighted by molar-refractivity contribution is 5.95. The highest BCUT2D eigenvalue weighted by atomic mass is 16.4. The molecule has 0 aliphatic heterocycles. The lowest BCUT2D eigenvalue weighted by Gasteiger charge is -1.99. The Bertz CT molecular complexity index is 594. The van der Waals surface area contributed by atoms with Crippen LogP contribution in [-0.2, 0) is 0 Å². The second-order valence-electron chi connectivity index (χ2n) is 2.84. The number of carbonyl (C=O) groups is 1. The number of fused-ring (bicyclic) bond motifs is 1. The van der Waals surface area contributed by atoms with Crippen LogP contribution in [0.1, 0.15) is 16.1 Å². The van der Waals surface area contributed by atoms with E-state index in [-0.39, 0.29) is 22.5 Å². The van der Waals surface area contributed by atoms with E-state index in [1.807, 2.05) is 0 Å². The van der Waals surface area contributed by atoms with Crippen molar-refractivity contribution in [3.8, 4) is 11.8 Å². The Morgan fingerprint density at radius 3 is 2.87 bits per heavy atom. The van der Waals surface area contributed by atoms with Crippen molar-refractivity contribution in [3.05, 3.63) is 29.6 Å². The predicted molar refractivity (Wildman–Crippen MR) is 48.5 cm³/mol. The molecule has 0 saturated carbocycles. The molecule has 74 valence electrons. The number of aromatic carboxylic acids is 1. The Morgan fingerprint density at radius 2 is 2.27 bits per heavy atom. The fourth-order valence-corrected chi connectivity index (χ4v) is 1.31. The number of carboxylic acid groups (broad SMARTS) is 1. The lowest BCUT2D eigenvalue weighted by atomic mass is 10.2. The van der Waals surface area contributed by atoms with Gasteiger partial charge in [-0.25, -0.2) is 9.31 Å². The van der Waals surface area contributed by atoms with Crippen LogP contribution in [0.5, 0.6) is 5.75 Å². The zero-order valence-electron chi connectivity index (χ0n) is 7.38. The molecule has 15 heavy (non-hydrogen) atoms. The third-order valence-electron chi connectivity index (χ3n) is 2.00. The summed E-state index contributed by atoms with van der Waals surface area (Å²) >= 11 is 0. The fourth-order valence-electron chi connectivity index (χ4n) is 1.31. The minimum absolute atomic E-state index is 0.00787. The van der Waals surface area contributed by atoms with E-state index < -0.39 is 5.97 Å². The number of hydrogen-bond donors (Lipinski definition) is 2. The molecule has 2 heterocycles. The van der Waals surface area contributed by atoms with Crippen molar-refractivity contribution >= 4 is 11.5 Å². The van der Waals surface area contributed by atoms with Gasteiger partial charge in [-0.1, -0.05) is 0 Å². The summed E-state index contributed by atoms with van der Waals surface area (Å²) in [7, 11) is 0. The van der Waals surface area contributed by atoms with Gasteiger partial charge in [-0.05, 0) is 12.1 Å². The molecule has 0 aliphatic carbocycles. The number of aromatic nitrogens is 2. The molecule has 2 rings (SSSR count). The van der Waals surface area contributed by atoms with Crippen molar-refractivity contribution in [3.63, 3.8) is 0 Å². The average molecular weight is 203 g/mol. The Hall–Kier alpha value is -2.55. The lowest BCUT2D eigenvalue weighted by molar-refractivity contribution is 0.0699. The summed E-state index contributed by atoms with van der Waals surface area (Å²) in [5.41, 5.74) is 0.184. The van der Waals surface area contributed by atoms with Crippen molar-refractivity contribution in [2.24, 2.45) is 0 Å². The molecule has 0 aromatic carbocycles. The third kappa shape index (κ3) is 1.18. The molecule has 0 saturated heterocycles. The van der Waals surface area contributed by atoms with Crippen molar-refractivity contribution in [2.45, 2.75) is 0 Å². The molecule has 0 radical (unpaired) electrons. The molecule has 0 spiro atoms. The highest BCUT2D eigenvalue weighted by Crippen LogP contribution is 2.20. The van der Waals surface area contributed by atoms with Gasteiger partial charge in [0, 0.05) is 0 Å². The monoisotopic (exact) mass is 203 g/mol. The fraction of sp³-hybridized carbons (Fsp3) is 0. The maximum atomic E-state index is 10.8. The first kappa shape index (κ1) is 9.02. The van der Waals surface area contributed by atoms with E-state index in [1.54, 1.807) is 6.07 Å². The van der Waals surface area contributed by atoms with Crippen LogP contribution in [0.3, 0.4) is 0 Å². The molecule has 0 fully saturated rings. The molecule has 0 bridgehead atoms. The first-order chi connectivity index (χ1) is 7.15. The summed E-state index contributed by atoms with van der Waals surface area (Å²) in [5.74, 6) is -1.36. The minimum atomic E-state index is -1.13. The smallest absolute Gasteiger partial charge is 0.339 e. The molecule has 2 N–H and O–H groups in total. The molecule has 6 heteroatoms. The van der Waals surface area contributed by atoms with E-state index in [0.717, 1.165) is 10.7 Å². The predicted octanol–water partition coefficient (Wildman–Crippen LogP) is 0.610. The standard InChI is InChI=1S/C9H5N3O3/c10-3-7-8(13)2-1-6-5(9(14)15)4-11-12(6)7/h1-2,4,13H,(H,14,15). The van der Waals surface area contributed by atoms with Crippen LogP contribution < -0.4 is 0 Å². The molecule has 0 amide bonds. The molecule has 0 unspecified atom stereocenters. The topological polar surface area (TPSA) is 98.6 Å². The summed E-state index contributed by atoms with van der Waals surface area (Å²) in [4.78, 5) is 10.8. The van der Waals surface area contributed by atoms with Crippen molar-refractivity contribution in [2.75, 3.05) is 0 Å². The van der Waals surface area contributed by atoms with Gasteiger partial charge in [0.05, 0.1) is 11.7 Å². The average Bonchev–Trinajstić information content (AvgIpc) is 2.61. The second-order valence-corrected chi connectivity index (χ2v) is 2.84. The molecular weight excluding hydrogens is 198 g/mol. The van der Waals surface area contributed by atoms with Crippen molar-refractivity contribution in [1.82, 2.24) is 9.61 Å². The number of hydrogen-bond acceptors (Lipinski definition) is 4. The van der Waals surface area contributed by atoms with Gasteiger partial charge in [-0.3, -0.25) is 0 Å². The zero-order chi connectivity index (χ0) is 11.0. The summed E-state index contributed by atoms with van der Waals surface area (Å²) in [6.07, 6.45) is 1.14. The van der Waals surface area contributed by atoms with Gasteiger partial charge in [0.1, 0.15) is 11.6 Å². The summed E-state index contributed by atoms with van der Waals surface area (Å²) in [5, 5.41) is 30.6. The maximum absolute atomic E-state index is 10.8. The Balaban J connectivity index is 2.88. The number of pyridine rings is 1. The maximum Gasteiger partial charge on any atom is 0.339 e. The van der Waals surface area contributed by atoms with Crippen LogP contribution in [0.15, 0.2) is 18.3 Å². The Morgan fingerprint density at radius 1 is 1.53 bits per heavy atom. The van der Waals surface area contributed by atoms with Crippen LogP contribution in [0.2, 0.25) is 0 Å². The van der Waals surface area contributed by atoms with Gasteiger partial charge in [0.2, 0.25) is 0 Å². The minimum Gasteiger partial charge on any atom is -0.505 e. The van der Waals surface area contributed by atoms with Gasteiger partial charge in [0.25, 0.3) is 0 Å². The van der Waals surface area contributed by atoms with E-state index in [4.69, 9.17) is 10.4 Å². The number of nitriles is 1. The molecular formula is C9H5N3O3. The van der Waals surface area contributed by atoms with Gasteiger partial charge in [-0.15, -0.1) is 0 Å². The number of nitrogens with zero attached hydrogens (tertiary/aromatic N) is 3. The molecule has 2 aromatic rings. The van der Waals surface area contributed by atoms with Gasteiger partial charge in [-0.2, -0.15) is 10.4 Å². The Labute approximate surface area is 83.6 Å². The normalized spacial score (nSPS) is 10.1. The van der Waals surface area contributed by atoms with Gasteiger partial charge < -0.3 is 10.2 Å². The SMILES string of the molecule is N#Cc1c(O)ccc2c(C(=O)O)cnn12. The first-order valence-electron chi connectivity index (χ1n) is 3.98. The molecule has 2 aromatic heterocycles. The summed E-state index contributed by atoms with van der Waals surface area (Å²) < 4.78 is 1.10. The molecule has 6 nitrogen and oxygen atoms in total. The van der Waals surface area contributed by atoms with Crippen molar-refractivity contribution < 1.29 is 15.0 Å². The van der Waals surface area contributed by atoms with Crippen molar-refractivity contribution in [1.29, 1.82) is 5.26 Å². The molecule has 0 aliphatic rings. The lowest BCUT2D eigenvalue weighted by Crippen LogP contribution is -1.97.